The van der Waals surface area contributed by atoms with Gasteiger partial charge in [-0.25, -0.2) is 9.98 Å². The summed E-state index contributed by atoms with van der Waals surface area (Å²) in [6.07, 6.45) is 0.249. The van der Waals surface area contributed by atoms with Gasteiger partial charge in [-0.05, 0) is 45.7 Å². The Balaban J connectivity index is 0.00000364. The first kappa shape index (κ1) is 23.8. The molecule has 1 heterocycles. The second-order valence-corrected chi connectivity index (χ2v) is 7.76. The first-order valence-electron chi connectivity index (χ1n) is 9.12. The van der Waals surface area contributed by atoms with Gasteiger partial charge in [-0.1, -0.05) is 24.3 Å². The standard InChI is InChI=1S/C20H30N4OS.HI/c1-6-21-20(23-12-19-24-15(4)16(5)26-19)22-11-17-7-9-18(10-8-17)13-25-14(2)3;/h7-10,14H,6,11-13H2,1-5H3,(H2,21,22,23);1H. The van der Waals surface area contributed by atoms with Crippen molar-refractivity contribution in [2.45, 2.75) is 60.4 Å². The van der Waals surface area contributed by atoms with E-state index >= 15 is 0 Å². The van der Waals surface area contributed by atoms with Crippen LogP contribution in [-0.4, -0.2) is 23.6 Å². The monoisotopic (exact) mass is 502 g/mol. The molecule has 0 fully saturated rings. The minimum atomic E-state index is 0. The summed E-state index contributed by atoms with van der Waals surface area (Å²) in [5.41, 5.74) is 3.47. The van der Waals surface area contributed by atoms with Crippen LogP contribution in [0.3, 0.4) is 0 Å². The number of thiazole rings is 1. The number of aliphatic imine (C=N–C) groups is 1. The van der Waals surface area contributed by atoms with Gasteiger partial charge >= 0.3 is 0 Å². The van der Waals surface area contributed by atoms with Crippen LogP contribution in [-0.2, 0) is 24.4 Å². The molecule has 0 radical (unpaired) electrons. The first-order chi connectivity index (χ1) is 12.5. The topological polar surface area (TPSA) is 58.5 Å². The molecule has 27 heavy (non-hydrogen) atoms. The van der Waals surface area contributed by atoms with E-state index in [-0.39, 0.29) is 30.1 Å². The van der Waals surface area contributed by atoms with Crippen molar-refractivity contribution in [3.05, 3.63) is 51.0 Å². The van der Waals surface area contributed by atoms with Crippen molar-refractivity contribution in [2.75, 3.05) is 6.54 Å². The molecule has 2 rings (SSSR count). The van der Waals surface area contributed by atoms with Gasteiger partial charge in [-0.3, -0.25) is 0 Å². The molecule has 0 aliphatic carbocycles. The molecule has 0 aliphatic heterocycles. The quantitative estimate of drug-likeness (QED) is 0.316. The number of benzene rings is 1. The fourth-order valence-electron chi connectivity index (χ4n) is 2.29. The minimum absolute atomic E-state index is 0. The molecule has 0 saturated heterocycles. The van der Waals surface area contributed by atoms with Crippen molar-refractivity contribution < 1.29 is 4.74 Å². The van der Waals surface area contributed by atoms with Crippen molar-refractivity contribution in [3.8, 4) is 0 Å². The molecular weight excluding hydrogens is 471 g/mol. The van der Waals surface area contributed by atoms with Crippen molar-refractivity contribution in [3.63, 3.8) is 0 Å². The van der Waals surface area contributed by atoms with E-state index in [1.165, 1.54) is 16.0 Å². The van der Waals surface area contributed by atoms with Crippen LogP contribution >= 0.6 is 35.3 Å². The molecule has 7 heteroatoms. The lowest BCUT2D eigenvalue weighted by Crippen LogP contribution is -2.36. The van der Waals surface area contributed by atoms with Gasteiger partial charge in [0.05, 0.1) is 31.5 Å². The lowest BCUT2D eigenvalue weighted by molar-refractivity contribution is 0.0657. The Morgan fingerprint density at radius 2 is 1.81 bits per heavy atom. The lowest BCUT2D eigenvalue weighted by atomic mass is 10.1. The molecule has 1 aromatic heterocycles. The highest BCUT2D eigenvalue weighted by atomic mass is 127. The molecule has 0 amide bonds. The van der Waals surface area contributed by atoms with Crippen LogP contribution < -0.4 is 10.6 Å². The Morgan fingerprint density at radius 1 is 1.15 bits per heavy atom. The Labute approximate surface area is 184 Å². The zero-order valence-corrected chi connectivity index (χ0v) is 20.0. The third-order valence-electron chi connectivity index (χ3n) is 3.85. The van der Waals surface area contributed by atoms with Crippen LogP contribution in [0.2, 0.25) is 0 Å². The number of nitrogens with one attached hydrogen (secondary N) is 2. The Morgan fingerprint density at radius 3 is 2.37 bits per heavy atom. The summed E-state index contributed by atoms with van der Waals surface area (Å²) in [6.45, 7) is 13.1. The summed E-state index contributed by atoms with van der Waals surface area (Å²) in [5.74, 6) is 0.810. The number of hydrogen-bond acceptors (Lipinski definition) is 4. The average Bonchev–Trinajstić information content (AvgIpc) is 2.94. The van der Waals surface area contributed by atoms with Crippen LogP contribution in [0.1, 0.15) is 47.5 Å². The van der Waals surface area contributed by atoms with Gasteiger partial charge in [0.25, 0.3) is 0 Å². The number of aryl methyl sites for hydroxylation is 2. The number of guanidine groups is 1. The number of nitrogens with zero attached hydrogens (tertiary/aromatic N) is 2. The van der Waals surface area contributed by atoms with E-state index in [4.69, 9.17) is 4.74 Å². The zero-order valence-electron chi connectivity index (χ0n) is 16.8. The van der Waals surface area contributed by atoms with Gasteiger partial charge in [0.1, 0.15) is 5.01 Å². The van der Waals surface area contributed by atoms with Crippen LogP contribution in [0, 0.1) is 13.8 Å². The van der Waals surface area contributed by atoms with E-state index < -0.39 is 0 Å². The number of ether oxygens (including phenoxy) is 1. The van der Waals surface area contributed by atoms with Crippen molar-refractivity contribution in [2.24, 2.45) is 4.99 Å². The molecule has 150 valence electrons. The first-order valence-corrected chi connectivity index (χ1v) is 9.94. The second kappa shape index (κ2) is 12.3. The van der Waals surface area contributed by atoms with Gasteiger partial charge in [-0.2, -0.15) is 0 Å². The van der Waals surface area contributed by atoms with E-state index in [9.17, 15) is 0 Å². The van der Waals surface area contributed by atoms with Crippen molar-refractivity contribution in [1.29, 1.82) is 0 Å². The van der Waals surface area contributed by atoms with E-state index in [0.717, 1.165) is 23.2 Å². The van der Waals surface area contributed by atoms with E-state index in [2.05, 4.69) is 58.7 Å². The molecule has 0 atom stereocenters. The molecule has 2 aromatic rings. The molecule has 0 bridgehead atoms. The molecule has 0 unspecified atom stereocenters. The predicted octanol–water partition coefficient (Wildman–Crippen LogP) is 4.56. The summed E-state index contributed by atoms with van der Waals surface area (Å²) in [6, 6.07) is 8.43. The highest BCUT2D eigenvalue weighted by molar-refractivity contribution is 14.0. The predicted molar refractivity (Wildman–Crippen MR) is 125 cm³/mol. The summed E-state index contributed by atoms with van der Waals surface area (Å²) in [4.78, 5) is 10.5. The maximum absolute atomic E-state index is 5.63. The summed E-state index contributed by atoms with van der Waals surface area (Å²) < 4.78 is 5.63. The Kier molecular flexibility index (Phi) is 10.9. The minimum Gasteiger partial charge on any atom is -0.374 e. The van der Waals surface area contributed by atoms with E-state index in [0.29, 0.717) is 19.7 Å². The highest BCUT2D eigenvalue weighted by Gasteiger charge is 2.05. The average molecular weight is 502 g/mol. The van der Waals surface area contributed by atoms with E-state index in [1.807, 2.05) is 20.8 Å². The second-order valence-electron chi connectivity index (χ2n) is 6.47. The van der Waals surface area contributed by atoms with Crippen molar-refractivity contribution >= 4 is 41.3 Å². The molecule has 0 spiro atoms. The number of aromatic nitrogens is 1. The summed E-state index contributed by atoms with van der Waals surface area (Å²) >= 11 is 1.73. The number of halogens is 1. The van der Waals surface area contributed by atoms with Gasteiger partial charge in [-0.15, -0.1) is 35.3 Å². The molecule has 2 N–H and O–H groups in total. The van der Waals surface area contributed by atoms with Gasteiger partial charge in [0.15, 0.2) is 5.96 Å². The Bertz CT molecular complexity index is 694. The van der Waals surface area contributed by atoms with Crippen LogP contribution in [0.4, 0.5) is 0 Å². The molecular formula is C20H31IN4OS. The fraction of sp³-hybridized carbons (Fsp3) is 0.500. The normalized spacial score (nSPS) is 11.4. The summed E-state index contributed by atoms with van der Waals surface area (Å²) in [5, 5.41) is 7.73. The Hall–Kier alpha value is -1.19. The molecule has 0 saturated carbocycles. The van der Waals surface area contributed by atoms with Crippen LogP contribution in [0.25, 0.3) is 0 Å². The van der Waals surface area contributed by atoms with E-state index in [1.54, 1.807) is 11.3 Å². The number of rotatable bonds is 8. The smallest absolute Gasteiger partial charge is 0.191 e. The fourth-order valence-corrected chi connectivity index (χ4v) is 3.16. The SMILES string of the molecule is CCNC(=NCc1ccc(COC(C)C)cc1)NCc1nc(C)c(C)s1.I. The third kappa shape index (κ3) is 8.57. The van der Waals surface area contributed by atoms with Gasteiger partial charge in [0.2, 0.25) is 0 Å². The molecule has 5 nitrogen and oxygen atoms in total. The number of hydrogen-bond donors (Lipinski definition) is 2. The summed E-state index contributed by atoms with van der Waals surface area (Å²) in [7, 11) is 0. The van der Waals surface area contributed by atoms with Gasteiger partial charge < -0.3 is 15.4 Å². The maximum Gasteiger partial charge on any atom is 0.191 e. The van der Waals surface area contributed by atoms with Gasteiger partial charge in [0, 0.05) is 11.4 Å². The van der Waals surface area contributed by atoms with Crippen molar-refractivity contribution in [1.82, 2.24) is 15.6 Å². The maximum atomic E-state index is 5.63. The van der Waals surface area contributed by atoms with Crippen LogP contribution in [0.5, 0.6) is 0 Å². The third-order valence-corrected chi connectivity index (χ3v) is 4.92. The lowest BCUT2D eigenvalue weighted by Gasteiger charge is -2.10. The molecule has 0 aliphatic rings. The largest absolute Gasteiger partial charge is 0.374 e. The molecule has 1 aromatic carbocycles. The van der Waals surface area contributed by atoms with Crippen LogP contribution in [0.15, 0.2) is 29.3 Å². The highest BCUT2D eigenvalue weighted by Crippen LogP contribution is 2.16. The zero-order chi connectivity index (χ0) is 18.9.